The Labute approximate surface area is 197 Å². The number of halogens is 2. The number of benzene rings is 2. The zero-order valence-electron chi connectivity index (χ0n) is 14.2. The normalized spacial score (nSPS) is 11.2. The standard InChI is InChI=1S/2C7H8ClNO3S.Ca/c2*1-4-5(8)2-3-6(7(4)9)13(10,11)12;/h2*2-3H,9H2,1H3,(H,10,11,12);/q;;+2/p-2. The van der Waals surface area contributed by atoms with Crippen LogP contribution in [0.3, 0.4) is 0 Å². The summed E-state index contributed by atoms with van der Waals surface area (Å²) in [4.78, 5) is -0.844. The van der Waals surface area contributed by atoms with Gasteiger partial charge in [-0.1, -0.05) is 23.2 Å². The van der Waals surface area contributed by atoms with Gasteiger partial charge >= 0.3 is 37.7 Å². The van der Waals surface area contributed by atoms with Gasteiger partial charge in [0, 0.05) is 10.0 Å². The van der Waals surface area contributed by atoms with Crippen LogP contribution in [0.25, 0.3) is 0 Å². The van der Waals surface area contributed by atoms with E-state index in [-0.39, 0.29) is 49.1 Å². The van der Waals surface area contributed by atoms with Crippen LogP contribution in [-0.4, -0.2) is 63.7 Å². The van der Waals surface area contributed by atoms with Gasteiger partial charge in [0.25, 0.3) is 0 Å². The van der Waals surface area contributed by atoms with Gasteiger partial charge in [-0.3, -0.25) is 0 Å². The fourth-order valence-corrected chi connectivity index (χ4v) is 3.43. The fraction of sp³-hybridized carbons (Fsp3) is 0.143. The van der Waals surface area contributed by atoms with E-state index >= 15 is 0 Å². The Morgan fingerprint density at radius 2 is 1.00 bits per heavy atom. The van der Waals surface area contributed by atoms with Gasteiger partial charge in [0.2, 0.25) is 0 Å². The van der Waals surface area contributed by atoms with Crippen molar-refractivity contribution < 1.29 is 25.9 Å². The van der Waals surface area contributed by atoms with Gasteiger partial charge in [-0.2, -0.15) is 0 Å². The summed E-state index contributed by atoms with van der Waals surface area (Å²) >= 11 is 11.3. The van der Waals surface area contributed by atoms with Crippen LogP contribution in [0, 0.1) is 13.8 Å². The van der Waals surface area contributed by atoms with E-state index in [1.165, 1.54) is 12.1 Å². The quantitative estimate of drug-likeness (QED) is 0.373. The summed E-state index contributed by atoms with van der Waals surface area (Å²) in [6.45, 7) is 3.10. The molecule has 0 bridgehead atoms. The second kappa shape index (κ2) is 9.95. The molecule has 2 rings (SSSR count). The topological polar surface area (TPSA) is 166 Å². The minimum Gasteiger partial charge on any atom is -0.744 e. The summed E-state index contributed by atoms with van der Waals surface area (Å²) in [6.07, 6.45) is 0. The summed E-state index contributed by atoms with van der Waals surface area (Å²) < 4.78 is 63.8. The van der Waals surface area contributed by atoms with Crippen LogP contribution in [0.1, 0.15) is 11.1 Å². The van der Waals surface area contributed by atoms with Crippen LogP contribution < -0.4 is 11.5 Å². The average Bonchev–Trinajstić information content (AvgIpc) is 2.48. The second-order valence-electron chi connectivity index (χ2n) is 5.08. The average molecular weight is 481 g/mol. The van der Waals surface area contributed by atoms with Gasteiger partial charge in [-0.05, 0) is 49.2 Å². The molecule has 2 aromatic carbocycles. The van der Waals surface area contributed by atoms with Crippen molar-refractivity contribution in [2.24, 2.45) is 0 Å². The van der Waals surface area contributed by atoms with Crippen molar-refractivity contribution in [3.05, 3.63) is 45.4 Å². The van der Waals surface area contributed by atoms with Crippen LogP contribution in [0.5, 0.6) is 0 Å². The first-order chi connectivity index (χ1) is 11.7. The van der Waals surface area contributed by atoms with Crippen molar-refractivity contribution in [2.45, 2.75) is 23.6 Å². The minimum absolute atomic E-state index is 0. The molecule has 2 aromatic rings. The molecule has 0 heterocycles. The SMILES string of the molecule is Cc1c(Cl)ccc(S(=O)(=O)[O-])c1N.Cc1c(Cl)ccc(S(=O)(=O)[O-])c1N.[Ca+2]. The molecule has 0 aliphatic rings. The Balaban J connectivity index is 0.000000483. The van der Waals surface area contributed by atoms with Crippen molar-refractivity contribution >= 4 is 92.6 Å². The molecule has 0 aromatic heterocycles. The fourth-order valence-electron chi connectivity index (χ4n) is 1.79. The zero-order chi connectivity index (χ0) is 20.4. The van der Waals surface area contributed by atoms with Crippen LogP contribution in [0.15, 0.2) is 34.1 Å². The van der Waals surface area contributed by atoms with Gasteiger partial charge in [0.15, 0.2) is 0 Å². The monoisotopic (exact) mass is 480 g/mol. The minimum atomic E-state index is -4.51. The predicted octanol–water partition coefficient (Wildman–Crippen LogP) is 1.89. The molecule has 0 amide bonds. The number of anilines is 2. The summed E-state index contributed by atoms with van der Waals surface area (Å²) in [6, 6.07) is 4.87. The van der Waals surface area contributed by atoms with Gasteiger partial charge in [-0.25, -0.2) is 16.8 Å². The van der Waals surface area contributed by atoms with E-state index in [1.807, 2.05) is 0 Å². The molecule has 0 saturated carbocycles. The number of nitrogens with two attached hydrogens (primary N) is 2. The molecule has 0 atom stereocenters. The molecule has 27 heavy (non-hydrogen) atoms. The Bertz CT molecular complexity index is 974. The van der Waals surface area contributed by atoms with E-state index < -0.39 is 30.0 Å². The van der Waals surface area contributed by atoms with E-state index in [9.17, 15) is 25.9 Å². The zero-order valence-corrected chi connectivity index (χ0v) is 19.5. The third kappa shape index (κ3) is 6.91. The summed E-state index contributed by atoms with van der Waals surface area (Å²) in [5.41, 5.74) is 11.5. The maximum atomic E-state index is 10.6. The number of hydrogen-bond acceptors (Lipinski definition) is 8. The Hall–Kier alpha value is -0.300. The number of rotatable bonds is 2. The van der Waals surface area contributed by atoms with Gasteiger partial charge in [0.1, 0.15) is 20.2 Å². The third-order valence-electron chi connectivity index (χ3n) is 3.36. The smallest absolute Gasteiger partial charge is 0.744 e. The first kappa shape index (κ1) is 26.7. The van der Waals surface area contributed by atoms with E-state index in [0.29, 0.717) is 21.2 Å². The van der Waals surface area contributed by atoms with E-state index in [1.54, 1.807) is 13.8 Å². The van der Waals surface area contributed by atoms with E-state index in [4.69, 9.17) is 34.7 Å². The Kier molecular flexibility index (Phi) is 9.84. The molecule has 13 heteroatoms. The molecular weight excluding hydrogens is 467 g/mol. The van der Waals surface area contributed by atoms with Gasteiger partial charge in [-0.15, -0.1) is 0 Å². The maximum absolute atomic E-state index is 10.6. The van der Waals surface area contributed by atoms with Crippen molar-refractivity contribution in [3.63, 3.8) is 0 Å². The maximum Gasteiger partial charge on any atom is 2.00 e. The molecule has 4 N–H and O–H groups in total. The molecular formula is C14H14CaCl2N2O6S2. The molecule has 0 unspecified atom stereocenters. The van der Waals surface area contributed by atoms with Gasteiger partial charge < -0.3 is 20.6 Å². The molecule has 0 aliphatic heterocycles. The molecule has 0 fully saturated rings. The Morgan fingerprint density at radius 1 is 0.741 bits per heavy atom. The second-order valence-corrected chi connectivity index (χ2v) is 8.59. The number of nitrogen functional groups attached to an aromatic ring is 2. The van der Waals surface area contributed by atoms with Crippen LogP contribution in [-0.2, 0) is 20.2 Å². The van der Waals surface area contributed by atoms with Gasteiger partial charge in [0.05, 0.1) is 21.2 Å². The van der Waals surface area contributed by atoms with Crippen LogP contribution in [0.4, 0.5) is 11.4 Å². The Morgan fingerprint density at radius 3 is 1.22 bits per heavy atom. The molecule has 0 aliphatic carbocycles. The molecule has 0 spiro atoms. The molecule has 144 valence electrons. The first-order valence-corrected chi connectivity index (χ1v) is 10.3. The van der Waals surface area contributed by atoms with Crippen molar-refractivity contribution in [1.29, 1.82) is 0 Å². The van der Waals surface area contributed by atoms with Crippen LogP contribution >= 0.6 is 23.2 Å². The van der Waals surface area contributed by atoms with Crippen molar-refractivity contribution in [1.82, 2.24) is 0 Å². The third-order valence-corrected chi connectivity index (χ3v) is 5.96. The molecule has 8 nitrogen and oxygen atoms in total. The van der Waals surface area contributed by atoms with Crippen LogP contribution in [0.2, 0.25) is 10.0 Å². The number of hydrogen-bond donors (Lipinski definition) is 2. The van der Waals surface area contributed by atoms with E-state index in [2.05, 4.69) is 0 Å². The predicted molar refractivity (Wildman–Crippen MR) is 103 cm³/mol. The summed E-state index contributed by atoms with van der Waals surface area (Å²) in [5, 5.41) is 0.676. The summed E-state index contributed by atoms with van der Waals surface area (Å²) in [5.74, 6) is 0. The first-order valence-electron chi connectivity index (χ1n) is 6.68. The van der Waals surface area contributed by atoms with Crippen molar-refractivity contribution in [3.8, 4) is 0 Å². The van der Waals surface area contributed by atoms with Crippen molar-refractivity contribution in [2.75, 3.05) is 11.5 Å². The van der Waals surface area contributed by atoms with E-state index in [0.717, 1.165) is 12.1 Å². The molecule has 0 radical (unpaired) electrons. The molecule has 0 saturated heterocycles. The summed E-state index contributed by atoms with van der Waals surface area (Å²) in [7, 11) is -9.01. The largest absolute Gasteiger partial charge is 2.00 e.